The Morgan fingerprint density at radius 1 is 0.452 bits per heavy atom. The Balaban J connectivity index is 0.00000480. The van der Waals surface area contributed by atoms with Crippen LogP contribution in [0, 0.1) is 0 Å². The van der Waals surface area contributed by atoms with Crippen molar-refractivity contribution in [1.82, 2.24) is 4.48 Å². The van der Waals surface area contributed by atoms with Gasteiger partial charge in [0.1, 0.15) is 11.4 Å². The van der Waals surface area contributed by atoms with Crippen molar-refractivity contribution < 1.29 is 12.4 Å². The summed E-state index contributed by atoms with van der Waals surface area (Å²) in [5, 5.41) is 0. The van der Waals surface area contributed by atoms with Crippen molar-refractivity contribution in [3.63, 3.8) is 0 Å². The minimum absolute atomic E-state index is 0. The minimum Gasteiger partial charge on any atom is -1.00 e. The van der Waals surface area contributed by atoms with Crippen molar-refractivity contribution in [2.45, 2.75) is 97.3 Å². The maximum atomic E-state index is 2.32. The highest BCUT2D eigenvalue weighted by molar-refractivity contribution is 5.58. The highest BCUT2D eigenvalue weighted by atomic mass is 35.5. The average molecular weight is 444 g/mol. The smallest absolute Gasteiger partial charge is 0.137 e. The van der Waals surface area contributed by atoms with Gasteiger partial charge in [-0.05, 0) is 43.5 Å². The second-order valence-corrected chi connectivity index (χ2v) is 8.98. The fourth-order valence-corrected chi connectivity index (χ4v) is 4.81. The molecule has 0 atom stereocenters. The first-order valence-corrected chi connectivity index (χ1v) is 12.8. The third-order valence-electron chi connectivity index (χ3n) is 6.50. The summed E-state index contributed by atoms with van der Waals surface area (Å²) in [7, 11) is 0. The van der Waals surface area contributed by atoms with E-state index in [4.69, 9.17) is 0 Å². The van der Waals surface area contributed by atoms with Crippen LogP contribution < -0.4 is 16.9 Å². The number of halogens is 1. The van der Waals surface area contributed by atoms with Crippen molar-refractivity contribution in [3.8, 4) is 0 Å². The van der Waals surface area contributed by atoms with E-state index in [0.717, 1.165) is 4.48 Å². The third kappa shape index (κ3) is 9.79. The van der Waals surface area contributed by atoms with Gasteiger partial charge in [0.2, 0.25) is 0 Å². The van der Waals surface area contributed by atoms with Crippen LogP contribution in [-0.4, -0.2) is 13.1 Å². The van der Waals surface area contributed by atoms with Crippen molar-refractivity contribution >= 4 is 11.4 Å². The monoisotopic (exact) mass is 443 g/mol. The predicted octanol–water partition coefficient (Wildman–Crippen LogP) is 6.44. The maximum absolute atomic E-state index is 2.32. The molecule has 0 aliphatic rings. The number of benzene rings is 2. The van der Waals surface area contributed by atoms with Crippen LogP contribution in [0.3, 0.4) is 0 Å². The molecule has 0 heterocycles. The summed E-state index contributed by atoms with van der Waals surface area (Å²) in [5.74, 6) is 0. The van der Waals surface area contributed by atoms with E-state index in [1.807, 2.05) is 0 Å². The number of rotatable bonds is 17. The standard InChI is InChI=1S/C29H46N.ClH/c1-3-5-6-7-8-9-10-11-12-13-14-21-27-30(26-4-2,28-22-17-15-18-23-28)29-24-19-16-20-25-29;/h15-20,22-25H,3-14,21,26-27H2,1-2H3;1H/q+1;/p-1. The summed E-state index contributed by atoms with van der Waals surface area (Å²) in [6.45, 7) is 7.00. The number of hydrogen-bond donors (Lipinski definition) is 0. The molecule has 0 saturated heterocycles. The molecule has 2 heteroatoms. The molecule has 0 saturated carbocycles. The Morgan fingerprint density at radius 2 is 0.839 bits per heavy atom. The third-order valence-corrected chi connectivity index (χ3v) is 6.50. The Bertz CT molecular complexity index is 601. The van der Waals surface area contributed by atoms with E-state index in [-0.39, 0.29) is 12.4 Å². The van der Waals surface area contributed by atoms with E-state index < -0.39 is 0 Å². The van der Waals surface area contributed by atoms with E-state index >= 15 is 0 Å². The van der Waals surface area contributed by atoms with Gasteiger partial charge in [0, 0.05) is 0 Å². The fourth-order valence-electron chi connectivity index (χ4n) is 4.81. The van der Waals surface area contributed by atoms with Gasteiger partial charge in [-0.3, -0.25) is 4.48 Å². The van der Waals surface area contributed by atoms with Gasteiger partial charge < -0.3 is 12.4 Å². The van der Waals surface area contributed by atoms with Crippen molar-refractivity contribution in [1.29, 1.82) is 0 Å². The van der Waals surface area contributed by atoms with Gasteiger partial charge in [-0.15, -0.1) is 0 Å². The van der Waals surface area contributed by atoms with Crippen LogP contribution in [0.4, 0.5) is 11.4 Å². The summed E-state index contributed by atoms with van der Waals surface area (Å²) >= 11 is 0. The molecule has 0 aliphatic carbocycles. The Labute approximate surface area is 199 Å². The Hall–Kier alpha value is -1.31. The van der Waals surface area contributed by atoms with Crippen molar-refractivity contribution in [3.05, 3.63) is 60.7 Å². The van der Waals surface area contributed by atoms with E-state index in [2.05, 4.69) is 74.5 Å². The molecule has 0 aliphatic heterocycles. The molecule has 2 aromatic carbocycles. The molecule has 31 heavy (non-hydrogen) atoms. The van der Waals surface area contributed by atoms with Crippen LogP contribution in [0.25, 0.3) is 0 Å². The van der Waals surface area contributed by atoms with Crippen molar-refractivity contribution in [2.24, 2.45) is 0 Å². The van der Waals surface area contributed by atoms with Crippen LogP contribution in [0.1, 0.15) is 97.3 Å². The van der Waals surface area contributed by atoms with Crippen molar-refractivity contribution in [2.75, 3.05) is 13.1 Å². The van der Waals surface area contributed by atoms with Crippen LogP contribution >= 0.6 is 0 Å². The SMILES string of the molecule is CCCCCCCCCCCCCC[N+](CCC)(c1ccccc1)c1ccccc1.[Cl-]. The van der Waals surface area contributed by atoms with Gasteiger partial charge in [-0.2, -0.15) is 0 Å². The molecule has 2 rings (SSSR count). The molecular weight excluding hydrogens is 398 g/mol. The fraction of sp³-hybridized carbons (Fsp3) is 0.586. The lowest BCUT2D eigenvalue weighted by Crippen LogP contribution is -3.00. The molecule has 0 bridgehead atoms. The molecule has 0 amide bonds. The lowest BCUT2D eigenvalue weighted by molar-refractivity contribution is -0.00000636. The topological polar surface area (TPSA) is 0 Å². The molecule has 0 spiro atoms. The Kier molecular flexibility index (Phi) is 15.4. The van der Waals surface area contributed by atoms with Crippen LogP contribution in [0.2, 0.25) is 0 Å². The molecule has 1 nitrogen and oxygen atoms in total. The summed E-state index contributed by atoms with van der Waals surface area (Å²) in [6.07, 6.45) is 18.1. The average Bonchev–Trinajstić information content (AvgIpc) is 2.80. The van der Waals surface area contributed by atoms with Gasteiger partial charge in [0.25, 0.3) is 0 Å². The zero-order chi connectivity index (χ0) is 21.3. The maximum Gasteiger partial charge on any atom is 0.137 e. The number of quaternary nitrogens is 1. The molecule has 174 valence electrons. The second-order valence-electron chi connectivity index (χ2n) is 8.98. The summed E-state index contributed by atoms with van der Waals surface area (Å²) in [4.78, 5) is 0. The molecule has 0 N–H and O–H groups in total. The normalized spacial score (nSPS) is 11.3. The van der Waals surface area contributed by atoms with E-state index in [1.165, 1.54) is 108 Å². The first-order valence-electron chi connectivity index (χ1n) is 12.8. The van der Waals surface area contributed by atoms with Gasteiger partial charge in [0.05, 0.1) is 13.1 Å². The van der Waals surface area contributed by atoms with Crippen LogP contribution in [0.5, 0.6) is 0 Å². The number of nitrogens with zero attached hydrogens (tertiary/aromatic N) is 1. The second kappa shape index (κ2) is 17.3. The molecular formula is C29H46ClN. The summed E-state index contributed by atoms with van der Waals surface area (Å²) in [6, 6.07) is 22.4. The van der Waals surface area contributed by atoms with Crippen LogP contribution in [-0.2, 0) is 0 Å². The molecule has 0 radical (unpaired) electrons. The lowest BCUT2D eigenvalue weighted by Gasteiger charge is -2.38. The van der Waals surface area contributed by atoms with Gasteiger partial charge in [-0.1, -0.05) is 114 Å². The number of unbranched alkanes of at least 4 members (excludes halogenated alkanes) is 11. The highest BCUT2D eigenvalue weighted by Crippen LogP contribution is 2.35. The summed E-state index contributed by atoms with van der Waals surface area (Å²) < 4.78 is 0.996. The molecule has 2 aromatic rings. The number of hydrogen-bond acceptors (Lipinski definition) is 0. The van der Waals surface area contributed by atoms with E-state index in [0.29, 0.717) is 0 Å². The zero-order valence-electron chi connectivity index (χ0n) is 20.2. The first kappa shape index (κ1) is 27.7. The predicted molar refractivity (Wildman–Crippen MR) is 135 cm³/mol. The summed E-state index contributed by atoms with van der Waals surface area (Å²) in [5.41, 5.74) is 2.88. The lowest BCUT2D eigenvalue weighted by atomic mass is 10.0. The minimum atomic E-state index is 0. The van der Waals surface area contributed by atoms with E-state index in [1.54, 1.807) is 0 Å². The zero-order valence-corrected chi connectivity index (χ0v) is 21.0. The molecule has 0 aromatic heterocycles. The van der Waals surface area contributed by atoms with Crippen LogP contribution in [0.15, 0.2) is 60.7 Å². The molecule has 0 fully saturated rings. The van der Waals surface area contributed by atoms with Gasteiger partial charge in [-0.25, -0.2) is 0 Å². The highest BCUT2D eigenvalue weighted by Gasteiger charge is 2.31. The Morgan fingerprint density at radius 3 is 1.23 bits per heavy atom. The van der Waals surface area contributed by atoms with E-state index in [9.17, 15) is 0 Å². The van der Waals surface area contributed by atoms with Gasteiger partial charge >= 0.3 is 0 Å². The first-order chi connectivity index (χ1) is 14.8. The van der Waals surface area contributed by atoms with Gasteiger partial charge in [0.15, 0.2) is 0 Å². The molecule has 0 unspecified atom stereocenters. The largest absolute Gasteiger partial charge is 1.00 e. The quantitative estimate of drug-likeness (QED) is 0.195. The number of para-hydroxylation sites is 2.